The predicted molar refractivity (Wildman–Crippen MR) is 85.8 cm³/mol. The van der Waals surface area contributed by atoms with Crippen LogP contribution in [0.5, 0.6) is 17.2 Å². The van der Waals surface area contributed by atoms with Crippen molar-refractivity contribution in [3.05, 3.63) is 53.6 Å². The lowest BCUT2D eigenvalue weighted by Crippen LogP contribution is -2.28. The molecule has 7 heteroatoms. The predicted octanol–water partition coefficient (Wildman–Crippen LogP) is 1.48. The highest BCUT2D eigenvalue weighted by molar-refractivity contribution is 5.89. The summed E-state index contributed by atoms with van der Waals surface area (Å²) in [5.41, 5.74) is 7.11. The highest BCUT2D eigenvalue weighted by Crippen LogP contribution is 2.32. The lowest BCUT2D eigenvalue weighted by atomic mass is 10.0. The van der Waals surface area contributed by atoms with Gasteiger partial charge in [-0.15, -0.1) is 0 Å². The Balaban J connectivity index is 1.75. The first-order valence-electron chi connectivity index (χ1n) is 7.44. The number of methoxy groups -OCH3 is 1. The van der Waals surface area contributed by atoms with Gasteiger partial charge >= 0.3 is 5.97 Å². The summed E-state index contributed by atoms with van der Waals surface area (Å²) < 4.78 is 10.6. The topological polar surface area (TPSA) is 100 Å². The van der Waals surface area contributed by atoms with Gasteiger partial charge in [-0.3, -0.25) is 5.43 Å². The Morgan fingerprint density at radius 3 is 2.58 bits per heavy atom. The Kier molecular flexibility index (Phi) is 4.54. The Labute approximate surface area is 138 Å². The van der Waals surface area contributed by atoms with Crippen LogP contribution in [0.1, 0.15) is 22.0 Å². The number of nitrogens with one attached hydrogen (secondary N) is 2. The molecule has 24 heavy (non-hydrogen) atoms. The van der Waals surface area contributed by atoms with E-state index in [2.05, 4.69) is 15.6 Å². The fourth-order valence-electron chi connectivity index (χ4n) is 2.63. The summed E-state index contributed by atoms with van der Waals surface area (Å²) in [5, 5.41) is 19.4. The van der Waals surface area contributed by atoms with Crippen molar-refractivity contribution in [1.29, 1.82) is 0 Å². The summed E-state index contributed by atoms with van der Waals surface area (Å²) in [5.74, 6) is 0.183. The first kappa shape index (κ1) is 16.1. The second kappa shape index (κ2) is 6.77. The second-order valence-electron chi connectivity index (χ2n) is 5.42. The molecule has 2 aromatic carbocycles. The van der Waals surface area contributed by atoms with Crippen LogP contribution in [0.4, 0.5) is 0 Å². The van der Waals surface area contributed by atoms with E-state index >= 15 is 0 Å². The van der Waals surface area contributed by atoms with Gasteiger partial charge in [0.1, 0.15) is 23.4 Å². The molecule has 0 aliphatic carbocycles. The molecular formula is C17H18N2O5. The van der Waals surface area contributed by atoms with Gasteiger partial charge in [0.15, 0.2) is 0 Å². The average Bonchev–Trinajstić information content (AvgIpc) is 3.03. The van der Waals surface area contributed by atoms with Crippen LogP contribution in [0.25, 0.3) is 0 Å². The van der Waals surface area contributed by atoms with Gasteiger partial charge in [-0.2, -0.15) is 0 Å². The number of hydrogen-bond acceptors (Lipinski definition) is 7. The minimum absolute atomic E-state index is 0.00178. The van der Waals surface area contributed by atoms with E-state index < -0.39 is 5.97 Å². The molecule has 2 atom stereocenters. The van der Waals surface area contributed by atoms with Crippen molar-refractivity contribution in [2.24, 2.45) is 0 Å². The number of hydrazine groups is 1. The molecular weight excluding hydrogens is 312 g/mol. The fraction of sp³-hybridized carbons (Fsp3) is 0.235. The Bertz CT molecular complexity index is 732. The maximum atomic E-state index is 11.4. The van der Waals surface area contributed by atoms with Crippen LogP contribution in [0.15, 0.2) is 42.5 Å². The second-order valence-corrected chi connectivity index (χ2v) is 5.42. The molecule has 1 aliphatic heterocycles. The minimum Gasteiger partial charge on any atom is -0.508 e. The lowest BCUT2D eigenvalue weighted by Gasteiger charge is -2.21. The number of benzene rings is 2. The van der Waals surface area contributed by atoms with Gasteiger partial charge < -0.3 is 19.7 Å². The van der Waals surface area contributed by atoms with E-state index in [1.54, 1.807) is 30.3 Å². The molecule has 1 fully saturated rings. The summed E-state index contributed by atoms with van der Waals surface area (Å²) in [7, 11) is 1.33. The zero-order valence-electron chi connectivity index (χ0n) is 13.0. The zero-order chi connectivity index (χ0) is 17.1. The molecule has 126 valence electrons. The summed E-state index contributed by atoms with van der Waals surface area (Å²) in [6, 6.07) is 10.8. The van der Waals surface area contributed by atoms with Crippen molar-refractivity contribution in [2.75, 3.05) is 13.7 Å². The minimum atomic E-state index is -0.405. The molecule has 3 rings (SSSR count). The molecule has 0 spiro atoms. The number of ether oxygens (including phenoxy) is 2. The van der Waals surface area contributed by atoms with Crippen molar-refractivity contribution in [3.8, 4) is 17.2 Å². The number of hydrogen-bond donors (Lipinski definition) is 4. The largest absolute Gasteiger partial charge is 0.508 e. The third kappa shape index (κ3) is 3.27. The van der Waals surface area contributed by atoms with E-state index in [-0.39, 0.29) is 23.6 Å². The van der Waals surface area contributed by atoms with Gasteiger partial charge in [0.2, 0.25) is 0 Å². The van der Waals surface area contributed by atoms with Crippen molar-refractivity contribution < 1.29 is 24.5 Å². The van der Waals surface area contributed by atoms with E-state index in [0.29, 0.717) is 23.4 Å². The van der Waals surface area contributed by atoms with Crippen LogP contribution >= 0.6 is 0 Å². The van der Waals surface area contributed by atoms with Crippen LogP contribution in [0.2, 0.25) is 0 Å². The monoisotopic (exact) mass is 330 g/mol. The number of phenols is 2. The lowest BCUT2D eigenvalue weighted by molar-refractivity contribution is 0.0600. The molecule has 2 unspecified atom stereocenters. The van der Waals surface area contributed by atoms with E-state index in [9.17, 15) is 15.0 Å². The third-order valence-electron chi connectivity index (χ3n) is 3.84. The number of carbonyl (C=O) groups excluding carboxylic acids is 1. The van der Waals surface area contributed by atoms with Crippen LogP contribution in [0, 0.1) is 0 Å². The van der Waals surface area contributed by atoms with E-state index in [0.717, 1.165) is 0 Å². The molecule has 1 aliphatic rings. The highest BCUT2D eigenvalue weighted by Gasteiger charge is 2.32. The van der Waals surface area contributed by atoms with Gasteiger partial charge in [0.25, 0.3) is 0 Å². The quantitative estimate of drug-likeness (QED) is 0.630. The third-order valence-corrected chi connectivity index (χ3v) is 3.84. The first-order chi connectivity index (χ1) is 11.6. The Morgan fingerprint density at radius 2 is 1.92 bits per heavy atom. The van der Waals surface area contributed by atoms with Gasteiger partial charge in [0.05, 0.1) is 18.7 Å². The standard InChI is InChI=1S/C17H18N2O5/c1-23-17(22)10-2-5-12(6-3-10)24-15-9-18-19-16(15)13-7-4-11(20)8-14(13)21/h2-8,15-16,18-21H,9H2,1H3. The first-order valence-corrected chi connectivity index (χ1v) is 7.44. The molecule has 0 saturated carbocycles. The molecule has 0 bridgehead atoms. The molecule has 4 N–H and O–H groups in total. The number of phenolic OH excluding ortho intramolecular Hbond substituents is 2. The van der Waals surface area contributed by atoms with Gasteiger partial charge in [-0.25, -0.2) is 10.2 Å². The number of carbonyl (C=O) groups is 1. The number of esters is 1. The zero-order valence-corrected chi connectivity index (χ0v) is 13.0. The smallest absolute Gasteiger partial charge is 0.337 e. The Morgan fingerprint density at radius 1 is 1.17 bits per heavy atom. The molecule has 1 heterocycles. The SMILES string of the molecule is COC(=O)c1ccc(OC2CNNC2c2ccc(O)cc2O)cc1. The van der Waals surface area contributed by atoms with E-state index in [4.69, 9.17) is 4.74 Å². The maximum Gasteiger partial charge on any atom is 0.337 e. The molecule has 0 radical (unpaired) electrons. The van der Waals surface area contributed by atoms with E-state index in [1.807, 2.05) is 0 Å². The van der Waals surface area contributed by atoms with E-state index in [1.165, 1.54) is 19.2 Å². The summed E-state index contributed by atoms with van der Waals surface area (Å²) in [6.07, 6.45) is -0.274. The summed E-state index contributed by atoms with van der Waals surface area (Å²) in [6.45, 7) is 0.531. The molecule has 0 aromatic heterocycles. The molecule has 2 aromatic rings. The summed E-state index contributed by atoms with van der Waals surface area (Å²) in [4.78, 5) is 11.4. The van der Waals surface area contributed by atoms with Crippen molar-refractivity contribution in [2.45, 2.75) is 12.1 Å². The highest BCUT2D eigenvalue weighted by atomic mass is 16.5. The molecule has 0 amide bonds. The van der Waals surface area contributed by atoms with Crippen LogP contribution in [-0.4, -0.2) is 35.9 Å². The van der Waals surface area contributed by atoms with Gasteiger partial charge in [-0.05, 0) is 36.4 Å². The summed E-state index contributed by atoms with van der Waals surface area (Å²) >= 11 is 0. The van der Waals surface area contributed by atoms with Crippen molar-refractivity contribution in [1.82, 2.24) is 10.9 Å². The Hall–Kier alpha value is -2.77. The maximum absolute atomic E-state index is 11.4. The van der Waals surface area contributed by atoms with Gasteiger partial charge in [0, 0.05) is 18.2 Å². The van der Waals surface area contributed by atoms with Crippen molar-refractivity contribution >= 4 is 5.97 Å². The van der Waals surface area contributed by atoms with Crippen LogP contribution in [-0.2, 0) is 4.74 Å². The number of rotatable bonds is 4. The molecule has 1 saturated heterocycles. The van der Waals surface area contributed by atoms with Gasteiger partial charge in [-0.1, -0.05) is 0 Å². The van der Waals surface area contributed by atoms with Crippen molar-refractivity contribution in [3.63, 3.8) is 0 Å². The number of aromatic hydroxyl groups is 2. The fourth-order valence-corrected chi connectivity index (χ4v) is 2.63. The van der Waals surface area contributed by atoms with Crippen LogP contribution < -0.4 is 15.6 Å². The molecule has 7 nitrogen and oxygen atoms in total. The average molecular weight is 330 g/mol. The van der Waals surface area contributed by atoms with Crippen LogP contribution in [0.3, 0.4) is 0 Å². The normalized spacial score (nSPS) is 19.9.